The summed E-state index contributed by atoms with van der Waals surface area (Å²) in [5.41, 5.74) is 0.0528. The van der Waals surface area contributed by atoms with E-state index in [1.165, 1.54) is 12.1 Å². The highest BCUT2D eigenvalue weighted by Gasteiger charge is 2.42. The zero-order valence-electron chi connectivity index (χ0n) is 13.4. The van der Waals surface area contributed by atoms with Crippen molar-refractivity contribution in [1.29, 1.82) is 0 Å². The number of carbonyl (C=O) groups excluding carboxylic acids is 2. The van der Waals surface area contributed by atoms with Crippen LogP contribution in [0.25, 0.3) is 0 Å². The third-order valence-electron chi connectivity index (χ3n) is 3.30. The van der Waals surface area contributed by atoms with Gasteiger partial charge in [-0.3, -0.25) is 9.59 Å². The standard InChI is InChI=1S/C15H14F3NO7/c1-8(20)25-12(14(22)23)11-13(21)19(5-6-24-11)9-3-2-4-10(7-9)26-15(16,17)18/h2-4,7,11-12H,5-6H2,1H3,(H,22,23)/t11?,12-/m1/s1. The van der Waals surface area contributed by atoms with E-state index >= 15 is 0 Å². The minimum absolute atomic E-state index is 0.0305. The summed E-state index contributed by atoms with van der Waals surface area (Å²) in [5, 5.41) is 9.15. The van der Waals surface area contributed by atoms with Crippen molar-refractivity contribution in [3.8, 4) is 5.75 Å². The first kappa shape index (κ1) is 19.5. The van der Waals surface area contributed by atoms with Crippen molar-refractivity contribution >= 4 is 23.5 Å². The number of rotatable bonds is 5. The SMILES string of the molecule is CC(=O)O[C@@H](C(=O)O)C1OCCN(c2cccc(OC(F)(F)F)c2)C1=O. The number of aliphatic carboxylic acids is 1. The molecular formula is C15H14F3NO7. The van der Waals surface area contributed by atoms with E-state index in [1.54, 1.807) is 0 Å². The zero-order chi connectivity index (χ0) is 19.5. The van der Waals surface area contributed by atoms with E-state index in [0.29, 0.717) is 0 Å². The summed E-state index contributed by atoms with van der Waals surface area (Å²) in [7, 11) is 0. The molecule has 1 aliphatic rings. The van der Waals surface area contributed by atoms with Crippen LogP contribution in [-0.2, 0) is 23.9 Å². The predicted octanol–water partition coefficient (Wildman–Crippen LogP) is 1.33. The number of carbonyl (C=O) groups is 3. The molecule has 0 aromatic heterocycles. The number of carboxylic acids is 1. The van der Waals surface area contributed by atoms with Crippen LogP contribution in [0.3, 0.4) is 0 Å². The molecule has 8 nitrogen and oxygen atoms in total. The second-order valence-corrected chi connectivity index (χ2v) is 5.19. The van der Waals surface area contributed by atoms with Gasteiger partial charge >= 0.3 is 18.3 Å². The number of ether oxygens (including phenoxy) is 3. The van der Waals surface area contributed by atoms with Gasteiger partial charge in [0.15, 0.2) is 6.10 Å². The minimum Gasteiger partial charge on any atom is -0.478 e. The number of hydrogen-bond acceptors (Lipinski definition) is 6. The van der Waals surface area contributed by atoms with Gasteiger partial charge in [0.05, 0.1) is 6.61 Å². The Kier molecular flexibility index (Phi) is 5.70. The summed E-state index contributed by atoms with van der Waals surface area (Å²) >= 11 is 0. The molecule has 1 aromatic rings. The summed E-state index contributed by atoms with van der Waals surface area (Å²) in [6.45, 7) is 0.835. The van der Waals surface area contributed by atoms with Crippen LogP contribution in [0.5, 0.6) is 5.75 Å². The van der Waals surface area contributed by atoms with Crippen LogP contribution >= 0.6 is 0 Å². The summed E-state index contributed by atoms with van der Waals surface area (Å²) in [6, 6.07) is 4.63. The first-order chi connectivity index (χ1) is 12.1. The van der Waals surface area contributed by atoms with E-state index in [0.717, 1.165) is 24.0 Å². The van der Waals surface area contributed by atoms with Crippen molar-refractivity contribution in [1.82, 2.24) is 0 Å². The van der Waals surface area contributed by atoms with Gasteiger partial charge in [-0.15, -0.1) is 13.2 Å². The van der Waals surface area contributed by atoms with Gasteiger partial charge in [0, 0.05) is 25.2 Å². The molecule has 1 heterocycles. The highest BCUT2D eigenvalue weighted by atomic mass is 19.4. The van der Waals surface area contributed by atoms with Crippen LogP contribution in [-0.4, -0.2) is 54.7 Å². The van der Waals surface area contributed by atoms with Crippen molar-refractivity contribution in [3.05, 3.63) is 24.3 Å². The van der Waals surface area contributed by atoms with Gasteiger partial charge in [-0.05, 0) is 12.1 Å². The molecule has 11 heteroatoms. The molecule has 2 atom stereocenters. The largest absolute Gasteiger partial charge is 0.573 e. The molecule has 1 aromatic carbocycles. The molecule has 26 heavy (non-hydrogen) atoms. The lowest BCUT2D eigenvalue weighted by atomic mass is 10.1. The number of benzene rings is 1. The number of hydrogen-bond donors (Lipinski definition) is 1. The smallest absolute Gasteiger partial charge is 0.478 e. The number of nitrogens with zero attached hydrogens (tertiary/aromatic N) is 1. The number of halogens is 3. The number of amides is 1. The molecular weight excluding hydrogens is 363 g/mol. The van der Waals surface area contributed by atoms with E-state index in [4.69, 9.17) is 9.84 Å². The molecule has 142 valence electrons. The molecule has 0 spiro atoms. The lowest BCUT2D eigenvalue weighted by Crippen LogP contribution is -2.55. The fraction of sp³-hybridized carbons (Fsp3) is 0.400. The first-order valence-electron chi connectivity index (χ1n) is 7.27. The normalized spacial score (nSPS) is 19.0. The second-order valence-electron chi connectivity index (χ2n) is 5.19. The lowest BCUT2D eigenvalue weighted by Gasteiger charge is -2.34. The molecule has 1 fully saturated rings. The molecule has 0 saturated carbocycles. The first-order valence-corrected chi connectivity index (χ1v) is 7.27. The molecule has 1 aliphatic heterocycles. The zero-order valence-corrected chi connectivity index (χ0v) is 13.4. The Morgan fingerprint density at radius 2 is 2.08 bits per heavy atom. The highest BCUT2D eigenvalue weighted by Crippen LogP contribution is 2.28. The Morgan fingerprint density at radius 1 is 1.38 bits per heavy atom. The third-order valence-corrected chi connectivity index (χ3v) is 3.30. The Labute approximate surface area is 145 Å². The number of alkyl halides is 3. The predicted molar refractivity (Wildman–Crippen MR) is 78.4 cm³/mol. The number of morpholine rings is 1. The van der Waals surface area contributed by atoms with Crippen LogP contribution in [0.15, 0.2) is 24.3 Å². The lowest BCUT2D eigenvalue weighted by molar-refractivity contribution is -0.274. The summed E-state index contributed by atoms with van der Waals surface area (Å²) < 4.78 is 50.5. The van der Waals surface area contributed by atoms with E-state index in [-0.39, 0.29) is 18.8 Å². The van der Waals surface area contributed by atoms with Gasteiger partial charge in [0.2, 0.25) is 6.10 Å². The Hall–Kier alpha value is -2.82. The van der Waals surface area contributed by atoms with Crippen molar-refractivity contribution in [2.75, 3.05) is 18.1 Å². The molecule has 2 rings (SSSR count). The highest BCUT2D eigenvalue weighted by molar-refractivity contribution is 6.00. The third kappa shape index (κ3) is 4.85. The topological polar surface area (TPSA) is 102 Å². The quantitative estimate of drug-likeness (QED) is 0.773. The fourth-order valence-corrected chi connectivity index (χ4v) is 2.35. The van der Waals surface area contributed by atoms with Crippen LogP contribution < -0.4 is 9.64 Å². The van der Waals surface area contributed by atoms with E-state index < -0.39 is 42.2 Å². The Balaban J connectivity index is 2.25. The van der Waals surface area contributed by atoms with Crippen LogP contribution in [0.4, 0.5) is 18.9 Å². The number of anilines is 1. The molecule has 1 N–H and O–H groups in total. The molecule has 1 saturated heterocycles. The molecule has 1 unspecified atom stereocenters. The van der Waals surface area contributed by atoms with Crippen molar-refractivity contribution in [2.45, 2.75) is 25.5 Å². The molecule has 0 aliphatic carbocycles. The fourth-order valence-electron chi connectivity index (χ4n) is 2.35. The van der Waals surface area contributed by atoms with Crippen LogP contribution in [0, 0.1) is 0 Å². The molecule has 1 amide bonds. The number of carboxylic acid groups (broad SMARTS) is 1. The van der Waals surface area contributed by atoms with E-state index in [2.05, 4.69) is 9.47 Å². The molecule has 0 radical (unpaired) electrons. The average Bonchev–Trinajstić information content (AvgIpc) is 2.51. The maximum atomic E-state index is 12.5. The molecule has 0 bridgehead atoms. The van der Waals surface area contributed by atoms with Gasteiger partial charge in [-0.1, -0.05) is 6.07 Å². The number of esters is 1. The maximum absolute atomic E-state index is 12.5. The van der Waals surface area contributed by atoms with Crippen molar-refractivity contribution < 1.29 is 46.9 Å². The van der Waals surface area contributed by atoms with Crippen molar-refractivity contribution in [3.63, 3.8) is 0 Å². The summed E-state index contributed by atoms with van der Waals surface area (Å²) in [5.74, 6) is -3.92. The Morgan fingerprint density at radius 3 is 2.65 bits per heavy atom. The van der Waals surface area contributed by atoms with Gasteiger partial charge < -0.3 is 24.2 Å². The monoisotopic (exact) mass is 377 g/mol. The summed E-state index contributed by atoms with van der Waals surface area (Å²) in [6.07, 6.45) is -8.41. The minimum atomic E-state index is -4.90. The van der Waals surface area contributed by atoms with Crippen molar-refractivity contribution in [2.24, 2.45) is 0 Å². The second kappa shape index (κ2) is 7.60. The maximum Gasteiger partial charge on any atom is 0.573 e. The van der Waals surface area contributed by atoms with Crippen LogP contribution in [0.1, 0.15) is 6.92 Å². The van der Waals surface area contributed by atoms with Crippen LogP contribution in [0.2, 0.25) is 0 Å². The van der Waals surface area contributed by atoms with Gasteiger partial charge in [-0.2, -0.15) is 0 Å². The van der Waals surface area contributed by atoms with E-state index in [1.807, 2.05) is 0 Å². The average molecular weight is 377 g/mol. The Bertz CT molecular complexity index is 707. The summed E-state index contributed by atoms with van der Waals surface area (Å²) in [4.78, 5) is 35.9. The van der Waals surface area contributed by atoms with Gasteiger partial charge in [0.25, 0.3) is 5.91 Å². The van der Waals surface area contributed by atoms with Gasteiger partial charge in [-0.25, -0.2) is 4.79 Å². The van der Waals surface area contributed by atoms with E-state index in [9.17, 15) is 27.6 Å². The van der Waals surface area contributed by atoms with Gasteiger partial charge in [0.1, 0.15) is 5.75 Å².